The number of fused-ring (bicyclic) bond motifs is 2. The van der Waals surface area contributed by atoms with E-state index in [2.05, 4.69) is 10.3 Å². The molecular weight excluding hydrogens is 621 g/mol. The quantitative estimate of drug-likeness (QED) is 0.254. The summed E-state index contributed by atoms with van der Waals surface area (Å²) in [5.74, 6) is -1.83. The van der Waals surface area contributed by atoms with Crippen molar-refractivity contribution in [3.8, 4) is 11.5 Å². The number of ether oxygens (including phenoxy) is 2. The summed E-state index contributed by atoms with van der Waals surface area (Å²) in [5, 5.41) is 3.59. The Morgan fingerprint density at radius 1 is 0.952 bits per heavy atom. The van der Waals surface area contributed by atoms with Crippen LogP contribution in [0.5, 0.6) is 11.5 Å². The minimum Gasteiger partial charge on any atom is -0.493 e. The highest BCUT2D eigenvalue weighted by atomic mass is 35.5. The van der Waals surface area contributed by atoms with Gasteiger partial charge in [-0.05, 0) is 66.2 Å². The number of nitrogens with one attached hydrogen (secondary N) is 2. The van der Waals surface area contributed by atoms with Gasteiger partial charge in [-0.15, -0.1) is 0 Å². The zero-order valence-corrected chi connectivity index (χ0v) is 24.9. The third-order valence-electron chi connectivity index (χ3n) is 6.94. The number of thioether (sulfide) groups is 1. The molecule has 0 aliphatic carbocycles. The van der Waals surface area contributed by atoms with Crippen molar-refractivity contribution in [3.05, 3.63) is 96.9 Å². The fraction of sp³-hybridized carbons (Fsp3) is 0.172. The molecule has 2 aliphatic rings. The molecule has 3 aromatic carbocycles. The third kappa shape index (κ3) is 5.29. The van der Waals surface area contributed by atoms with Crippen LogP contribution in [0, 0.1) is 5.92 Å². The Morgan fingerprint density at radius 3 is 2.33 bits per heavy atom. The molecule has 2 unspecified atom stereocenters. The summed E-state index contributed by atoms with van der Waals surface area (Å²) in [5.41, 5.74) is 1.67. The Morgan fingerprint density at radius 2 is 1.64 bits per heavy atom. The Labute approximate surface area is 257 Å². The second-order valence-corrected chi connectivity index (χ2v) is 12.5. The van der Waals surface area contributed by atoms with Crippen molar-refractivity contribution in [3.63, 3.8) is 0 Å². The SMILES string of the molecule is COc1cc([C@H]2c3sc(=O)[nH]c3SC3C(=O)N(c4ccc(Cl)cc4)C(=O)C32)ccc1OCC(=O)Nc1ccc(Cl)cc1. The number of thiazole rings is 1. The van der Waals surface area contributed by atoms with Crippen LogP contribution < -0.4 is 24.6 Å². The highest BCUT2D eigenvalue weighted by molar-refractivity contribution is 8.00. The Hall–Kier alpha value is -3.77. The molecule has 214 valence electrons. The maximum atomic E-state index is 13.9. The maximum absolute atomic E-state index is 13.9. The zero-order chi connectivity index (χ0) is 29.5. The van der Waals surface area contributed by atoms with Gasteiger partial charge in [-0.1, -0.05) is 52.4 Å². The lowest BCUT2D eigenvalue weighted by molar-refractivity contribution is -0.122. The number of aromatic nitrogens is 1. The minimum atomic E-state index is -0.765. The molecule has 3 heterocycles. The van der Waals surface area contributed by atoms with Crippen molar-refractivity contribution in [2.45, 2.75) is 16.2 Å². The first-order valence-corrected chi connectivity index (χ1v) is 15.1. The van der Waals surface area contributed by atoms with Crippen LogP contribution in [0.3, 0.4) is 0 Å². The average Bonchev–Trinajstić information content (AvgIpc) is 3.47. The Bertz CT molecular complexity index is 1760. The molecule has 3 amide bonds. The number of benzene rings is 3. The van der Waals surface area contributed by atoms with Crippen LogP contribution in [0.2, 0.25) is 10.0 Å². The molecule has 1 aromatic heterocycles. The number of H-pyrrole nitrogens is 1. The highest BCUT2D eigenvalue weighted by Crippen LogP contribution is 2.53. The molecule has 1 saturated heterocycles. The molecule has 42 heavy (non-hydrogen) atoms. The van der Waals surface area contributed by atoms with E-state index in [1.165, 1.54) is 23.8 Å². The van der Waals surface area contributed by atoms with E-state index >= 15 is 0 Å². The topological polar surface area (TPSA) is 118 Å². The number of imide groups is 1. The van der Waals surface area contributed by atoms with Gasteiger partial charge in [-0.25, -0.2) is 4.90 Å². The Kier molecular flexibility index (Phi) is 7.75. The van der Waals surface area contributed by atoms with E-state index in [9.17, 15) is 19.2 Å². The first-order chi connectivity index (χ1) is 20.2. The number of halogens is 2. The molecule has 6 rings (SSSR count). The van der Waals surface area contributed by atoms with Crippen LogP contribution in [0.4, 0.5) is 11.4 Å². The zero-order valence-electron chi connectivity index (χ0n) is 21.8. The first kappa shape index (κ1) is 28.4. The van der Waals surface area contributed by atoms with Gasteiger partial charge in [-0.3, -0.25) is 19.2 Å². The summed E-state index contributed by atoms with van der Waals surface area (Å²) < 4.78 is 11.3. The van der Waals surface area contributed by atoms with Crippen LogP contribution >= 0.6 is 46.3 Å². The molecule has 2 aliphatic heterocycles. The molecule has 0 spiro atoms. The standard InChI is InChI=1S/C29H21Cl2N3O6S2/c1-39-20-12-14(2-11-19(20)40-13-21(35)32-17-7-3-15(30)4-8-17)22-23-25(41-26-24(22)42-29(38)33-26)28(37)34(27(23)36)18-9-5-16(31)6-10-18/h2-12,22-23,25H,13H2,1H3,(H,32,35)(H,33,38)/t22-,23?,25?/m1/s1. The van der Waals surface area contributed by atoms with E-state index in [1.807, 2.05) is 0 Å². The number of nitrogens with zero attached hydrogens (tertiary/aromatic N) is 1. The third-order valence-corrected chi connectivity index (χ3v) is 9.85. The maximum Gasteiger partial charge on any atom is 0.305 e. The summed E-state index contributed by atoms with van der Waals surface area (Å²) in [4.78, 5) is 56.7. The molecule has 0 bridgehead atoms. The molecule has 1 fully saturated rings. The second kappa shape index (κ2) is 11.5. The van der Waals surface area contributed by atoms with Crippen molar-refractivity contribution in [1.29, 1.82) is 0 Å². The van der Waals surface area contributed by atoms with Gasteiger partial charge in [-0.2, -0.15) is 0 Å². The van der Waals surface area contributed by atoms with Gasteiger partial charge >= 0.3 is 4.87 Å². The smallest absolute Gasteiger partial charge is 0.305 e. The van der Waals surface area contributed by atoms with Gasteiger partial charge in [0.2, 0.25) is 11.8 Å². The van der Waals surface area contributed by atoms with Gasteiger partial charge in [0.1, 0.15) is 5.25 Å². The average molecular weight is 643 g/mol. The van der Waals surface area contributed by atoms with E-state index in [4.69, 9.17) is 32.7 Å². The van der Waals surface area contributed by atoms with E-state index < -0.39 is 17.1 Å². The number of carbonyl (C=O) groups excluding carboxylic acids is 3. The lowest BCUT2D eigenvalue weighted by atomic mass is 9.83. The minimum absolute atomic E-state index is 0.273. The van der Waals surface area contributed by atoms with Crippen molar-refractivity contribution >= 4 is 75.4 Å². The fourth-order valence-corrected chi connectivity index (χ4v) is 7.86. The van der Waals surface area contributed by atoms with Crippen molar-refractivity contribution in [1.82, 2.24) is 4.98 Å². The van der Waals surface area contributed by atoms with Crippen LogP contribution in [-0.2, 0) is 14.4 Å². The Balaban J connectivity index is 1.29. The number of anilines is 2. The summed E-state index contributed by atoms with van der Waals surface area (Å²) in [6.45, 7) is -0.282. The fourth-order valence-electron chi connectivity index (χ4n) is 5.09. The van der Waals surface area contributed by atoms with Crippen LogP contribution in [-0.4, -0.2) is 41.7 Å². The summed E-state index contributed by atoms with van der Waals surface area (Å²) in [6, 6.07) is 18.3. The molecule has 0 saturated carbocycles. The van der Waals surface area contributed by atoms with E-state index in [-0.39, 0.29) is 29.2 Å². The number of amides is 3. The number of rotatable bonds is 7. The van der Waals surface area contributed by atoms with Gasteiger partial charge in [0.05, 0.1) is 23.7 Å². The summed E-state index contributed by atoms with van der Waals surface area (Å²) in [7, 11) is 1.46. The van der Waals surface area contributed by atoms with E-state index in [1.54, 1.807) is 66.7 Å². The van der Waals surface area contributed by atoms with Crippen LogP contribution in [0.25, 0.3) is 0 Å². The van der Waals surface area contributed by atoms with Crippen molar-refractivity contribution in [2.24, 2.45) is 5.92 Å². The monoisotopic (exact) mass is 641 g/mol. The largest absolute Gasteiger partial charge is 0.493 e. The van der Waals surface area contributed by atoms with Crippen LogP contribution in [0.1, 0.15) is 16.4 Å². The predicted octanol–water partition coefficient (Wildman–Crippen LogP) is 5.57. The highest BCUT2D eigenvalue weighted by Gasteiger charge is 2.56. The molecular formula is C29H21Cl2N3O6S2. The number of hydrogen-bond donors (Lipinski definition) is 2. The summed E-state index contributed by atoms with van der Waals surface area (Å²) in [6.07, 6.45) is 0. The molecule has 3 atom stereocenters. The molecule has 2 N–H and O–H groups in total. The number of aromatic amines is 1. The first-order valence-electron chi connectivity index (χ1n) is 12.6. The lowest BCUT2D eigenvalue weighted by Gasteiger charge is -2.30. The summed E-state index contributed by atoms with van der Waals surface area (Å²) >= 11 is 14.1. The molecule has 4 aromatic rings. The molecule has 0 radical (unpaired) electrons. The van der Waals surface area contributed by atoms with Gasteiger partial charge in [0.25, 0.3) is 5.91 Å². The van der Waals surface area contributed by atoms with Gasteiger partial charge in [0.15, 0.2) is 18.1 Å². The molecule has 9 nitrogen and oxygen atoms in total. The van der Waals surface area contributed by atoms with Gasteiger partial charge < -0.3 is 19.8 Å². The van der Waals surface area contributed by atoms with Crippen molar-refractivity contribution < 1.29 is 23.9 Å². The number of hydrogen-bond acceptors (Lipinski definition) is 8. The van der Waals surface area contributed by atoms with Crippen LogP contribution in [0.15, 0.2) is 76.6 Å². The normalized spacial score (nSPS) is 19.3. The molecule has 13 heteroatoms. The number of carbonyl (C=O) groups is 3. The van der Waals surface area contributed by atoms with Gasteiger partial charge in [0, 0.05) is 26.5 Å². The van der Waals surface area contributed by atoms with E-state index in [0.29, 0.717) is 48.4 Å². The van der Waals surface area contributed by atoms with Crippen molar-refractivity contribution in [2.75, 3.05) is 23.9 Å². The van der Waals surface area contributed by atoms with E-state index in [0.717, 1.165) is 11.3 Å². The second-order valence-electron chi connectivity index (χ2n) is 9.49. The lowest BCUT2D eigenvalue weighted by Crippen LogP contribution is -2.32. The number of methoxy groups -OCH3 is 1. The predicted molar refractivity (Wildman–Crippen MR) is 162 cm³/mol.